The Labute approximate surface area is 169 Å². The molecule has 0 spiro atoms. The van der Waals surface area contributed by atoms with E-state index in [1.165, 1.54) is 13.8 Å². The first-order chi connectivity index (χ1) is 12.1. The van der Waals surface area contributed by atoms with Crippen LogP contribution >= 0.6 is 7.92 Å². The molecule has 3 aromatic rings. The zero-order valence-corrected chi connectivity index (χ0v) is 17.0. The SMILES string of the molecule is CC(=O)c1cccc(P(c2ccccc2)c2ccccc2)c1C(C)=O.[Pd+2]. The van der Waals surface area contributed by atoms with Gasteiger partial charge in [0.05, 0.1) is 0 Å². The number of ketones is 2. The monoisotopic (exact) mass is 452 g/mol. The van der Waals surface area contributed by atoms with Gasteiger partial charge in [-0.15, -0.1) is 0 Å². The quantitative estimate of drug-likeness (QED) is 0.335. The number of hydrogen-bond acceptors (Lipinski definition) is 2. The topological polar surface area (TPSA) is 34.1 Å². The Morgan fingerprint density at radius 1 is 0.654 bits per heavy atom. The summed E-state index contributed by atoms with van der Waals surface area (Å²) >= 11 is 0. The minimum absolute atomic E-state index is 0. The van der Waals surface area contributed by atoms with E-state index in [1.54, 1.807) is 6.07 Å². The number of hydrogen-bond donors (Lipinski definition) is 0. The maximum atomic E-state index is 12.4. The Morgan fingerprint density at radius 3 is 1.58 bits per heavy atom. The van der Waals surface area contributed by atoms with Gasteiger partial charge in [0.25, 0.3) is 0 Å². The van der Waals surface area contributed by atoms with E-state index in [4.69, 9.17) is 0 Å². The molecule has 0 atom stereocenters. The van der Waals surface area contributed by atoms with Gasteiger partial charge in [-0.3, -0.25) is 9.59 Å². The second-order valence-electron chi connectivity index (χ2n) is 5.82. The van der Waals surface area contributed by atoms with Crippen LogP contribution in [-0.2, 0) is 20.4 Å². The van der Waals surface area contributed by atoms with Crippen LogP contribution in [0.5, 0.6) is 0 Å². The third kappa shape index (κ3) is 4.25. The van der Waals surface area contributed by atoms with E-state index < -0.39 is 7.92 Å². The van der Waals surface area contributed by atoms with Gasteiger partial charge < -0.3 is 0 Å². The first kappa shape index (κ1) is 20.4. The third-order valence-corrected chi connectivity index (χ3v) is 6.53. The fourth-order valence-corrected chi connectivity index (χ4v) is 5.50. The summed E-state index contributed by atoms with van der Waals surface area (Å²) in [5, 5.41) is 3.26. The van der Waals surface area contributed by atoms with Crippen LogP contribution in [0, 0.1) is 0 Å². The summed E-state index contributed by atoms with van der Waals surface area (Å²) in [5.74, 6) is -0.150. The predicted molar refractivity (Wildman–Crippen MR) is 105 cm³/mol. The molecule has 0 bridgehead atoms. The number of carbonyl (C=O) groups excluding carboxylic acids is 2. The minimum atomic E-state index is -0.913. The van der Waals surface area contributed by atoms with Crippen molar-refractivity contribution in [3.63, 3.8) is 0 Å². The molecule has 0 unspecified atom stereocenters. The van der Waals surface area contributed by atoms with Crippen LogP contribution < -0.4 is 15.9 Å². The summed E-state index contributed by atoms with van der Waals surface area (Å²) < 4.78 is 0. The first-order valence-electron chi connectivity index (χ1n) is 8.14. The van der Waals surface area contributed by atoms with Gasteiger partial charge in [0.2, 0.25) is 0 Å². The van der Waals surface area contributed by atoms with Crippen LogP contribution in [0.1, 0.15) is 34.6 Å². The van der Waals surface area contributed by atoms with Gasteiger partial charge in [-0.05, 0) is 37.7 Å². The maximum Gasteiger partial charge on any atom is 2.00 e. The van der Waals surface area contributed by atoms with E-state index in [-0.39, 0.29) is 32.0 Å². The van der Waals surface area contributed by atoms with E-state index in [1.807, 2.05) is 48.5 Å². The molecule has 4 heteroatoms. The summed E-state index contributed by atoms with van der Waals surface area (Å²) in [7, 11) is -0.913. The zero-order valence-electron chi connectivity index (χ0n) is 14.6. The average molecular weight is 453 g/mol. The van der Waals surface area contributed by atoms with E-state index in [9.17, 15) is 9.59 Å². The van der Waals surface area contributed by atoms with E-state index in [0.29, 0.717) is 11.1 Å². The Bertz CT molecular complexity index is 868. The van der Waals surface area contributed by atoms with Crippen molar-refractivity contribution in [1.82, 2.24) is 0 Å². The molecule has 2 nitrogen and oxygen atoms in total. The Morgan fingerprint density at radius 2 is 1.15 bits per heavy atom. The first-order valence-corrected chi connectivity index (χ1v) is 9.49. The van der Waals surface area contributed by atoms with E-state index in [2.05, 4.69) is 24.3 Å². The second kappa shape index (κ2) is 9.15. The fourth-order valence-electron chi connectivity index (χ4n) is 2.97. The molecule has 0 N–H and O–H groups in total. The summed E-state index contributed by atoms with van der Waals surface area (Å²) in [6.07, 6.45) is 0. The summed E-state index contributed by atoms with van der Waals surface area (Å²) in [6.45, 7) is 3.05. The standard InChI is InChI=1S/C22H19O2P.Pd/c1-16(23)20-14-9-15-21(22(20)17(2)24)25(18-10-5-3-6-11-18)19-12-7-4-8-13-19;/h3-15H,1-2H3;/q;+2. The van der Waals surface area contributed by atoms with Gasteiger partial charge in [-0.25, -0.2) is 0 Å². The van der Waals surface area contributed by atoms with E-state index in [0.717, 1.165) is 15.9 Å². The van der Waals surface area contributed by atoms with Gasteiger partial charge >= 0.3 is 20.4 Å². The smallest absolute Gasteiger partial charge is 0.294 e. The van der Waals surface area contributed by atoms with Crippen molar-refractivity contribution >= 4 is 35.4 Å². The van der Waals surface area contributed by atoms with Crippen molar-refractivity contribution in [3.8, 4) is 0 Å². The molecule has 26 heavy (non-hydrogen) atoms. The zero-order chi connectivity index (χ0) is 17.8. The van der Waals surface area contributed by atoms with Crippen LogP contribution in [0.2, 0.25) is 0 Å². The molecule has 3 aromatic carbocycles. The molecular weight excluding hydrogens is 434 g/mol. The van der Waals surface area contributed by atoms with Gasteiger partial charge in [-0.2, -0.15) is 0 Å². The fraction of sp³-hybridized carbons (Fsp3) is 0.0909. The third-order valence-electron chi connectivity index (χ3n) is 4.04. The maximum absolute atomic E-state index is 12.4. The Balaban J connectivity index is 0.00000243. The van der Waals surface area contributed by atoms with Gasteiger partial charge in [0.15, 0.2) is 11.6 Å². The van der Waals surface area contributed by atoms with Crippen molar-refractivity contribution in [2.24, 2.45) is 0 Å². The molecule has 0 radical (unpaired) electrons. The average Bonchev–Trinajstić information content (AvgIpc) is 2.63. The summed E-state index contributed by atoms with van der Waals surface area (Å²) in [4.78, 5) is 24.5. The number of rotatable bonds is 5. The normalized spacial score (nSPS) is 10.3. The molecule has 132 valence electrons. The minimum Gasteiger partial charge on any atom is -0.294 e. The molecule has 0 saturated carbocycles. The van der Waals surface area contributed by atoms with Crippen LogP contribution in [0.25, 0.3) is 0 Å². The Kier molecular flexibility index (Phi) is 7.18. The van der Waals surface area contributed by atoms with Crippen LogP contribution in [0.15, 0.2) is 78.9 Å². The Hall–Kier alpha value is -1.91. The van der Waals surface area contributed by atoms with Crippen molar-refractivity contribution in [3.05, 3.63) is 90.0 Å². The molecule has 0 aromatic heterocycles. The van der Waals surface area contributed by atoms with Crippen molar-refractivity contribution in [2.75, 3.05) is 0 Å². The van der Waals surface area contributed by atoms with Gasteiger partial charge in [0, 0.05) is 11.1 Å². The molecular formula is C22H19O2PPd+2. The van der Waals surface area contributed by atoms with Gasteiger partial charge in [-0.1, -0.05) is 78.9 Å². The largest absolute Gasteiger partial charge is 2.00 e. The molecule has 0 saturated heterocycles. The molecule has 0 fully saturated rings. The molecule has 0 heterocycles. The van der Waals surface area contributed by atoms with E-state index >= 15 is 0 Å². The number of Topliss-reactive ketones (excluding diaryl/α,β-unsaturated/α-hetero) is 2. The van der Waals surface area contributed by atoms with Crippen LogP contribution in [0.4, 0.5) is 0 Å². The van der Waals surface area contributed by atoms with Crippen LogP contribution in [0.3, 0.4) is 0 Å². The number of carbonyl (C=O) groups is 2. The molecule has 0 amide bonds. The number of benzene rings is 3. The molecule has 3 rings (SSSR count). The molecule has 0 aliphatic carbocycles. The summed E-state index contributed by atoms with van der Waals surface area (Å²) in [5.41, 5.74) is 1.05. The van der Waals surface area contributed by atoms with Crippen LogP contribution in [-0.4, -0.2) is 11.6 Å². The summed E-state index contributed by atoms with van der Waals surface area (Å²) in [6, 6.07) is 26.0. The molecule has 0 aliphatic rings. The van der Waals surface area contributed by atoms with Crippen molar-refractivity contribution < 1.29 is 30.0 Å². The van der Waals surface area contributed by atoms with Gasteiger partial charge in [0.1, 0.15) is 0 Å². The predicted octanol–water partition coefficient (Wildman–Crippen LogP) is 3.85. The van der Waals surface area contributed by atoms with Crippen molar-refractivity contribution in [2.45, 2.75) is 13.8 Å². The second-order valence-corrected chi connectivity index (χ2v) is 8.00. The van der Waals surface area contributed by atoms with Crippen molar-refractivity contribution in [1.29, 1.82) is 0 Å². The molecule has 0 aliphatic heterocycles.